The van der Waals surface area contributed by atoms with Crippen LogP contribution in [0.2, 0.25) is 0 Å². The highest BCUT2D eigenvalue weighted by Crippen LogP contribution is 2.24. The molecule has 1 rings (SSSR count). The fourth-order valence-electron chi connectivity index (χ4n) is 1.41. The molecule has 0 bridgehead atoms. The third-order valence-electron chi connectivity index (χ3n) is 2.33. The molecule has 0 fully saturated rings. The van der Waals surface area contributed by atoms with Crippen molar-refractivity contribution in [3.63, 3.8) is 0 Å². The van der Waals surface area contributed by atoms with Gasteiger partial charge >= 0.3 is 0 Å². The lowest BCUT2D eigenvalue weighted by atomic mass is 9.92. The predicted molar refractivity (Wildman–Crippen MR) is 61.5 cm³/mol. The summed E-state index contributed by atoms with van der Waals surface area (Å²) in [4.78, 5) is 0. The third-order valence-corrected chi connectivity index (χ3v) is 2.33. The first-order chi connectivity index (χ1) is 7.02. The van der Waals surface area contributed by atoms with Gasteiger partial charge in [0.05, 0.1) is 11.7 Å². The second-order valence-corrected chi connectivity index (χ2v) is 4.01. The van der Waals surface area contributed by atoms with Gasteiger partial charge in [-0.25, -0.2) is 0 Å². The first kappa shape index (κ1) is 12.0. The molecule has 1 aromatic rings. The maximum atomic E-state index is 10.2. The van der Waals surface area contributed by atoms with Crippen LogP contribution in [-0.4, -0.2) is 16.3 Å². The molecule has 0 aliphatic heterocycles. The Kier molecular flexibility index (Phi) is 4.06. The van der Waals surface area contributed by atoms with Gasteiger partial charge in [0.1, 0.15) is 0 Å². The molecule has 0 saturated carbocycles. The highest BCUT2D eigenvalue weighted by atomic mass is 16.3. The Morgan fingerprint density at radius 3 is 2.47 bits per heavy atom. The van der Waals surface area contributed by atoms with Gasteiger partial charge in [-0.1, -0.05) is 42.5 Å². The van der Waals surface area contributed by atoms with Crippen molar-refractivity contribution in [3.05, 3.63) is 48.0 Å². The van der Waals surface area contributed by atoms with Gasteiger partial charge in [0.25, 0.3) is 0 Å². The second-order valence-electron chi connectivity index (χ2n) is 4.01. The average Bonchev–Trinajstić information content (AvgIpc) is 2.18. The summed E-state index contributed by atoms with van der Waals surface area (Å²) < 4.78 is 0. The Labute approximate surface area is 90.9 Å². The van der Waals surface area contributed by atoms with E-state index in [-0.39, 0.29) is 0 Å². The van der Waals surface area contributed by atoms with Crippen LogP contribution in [-0.2, 0) is 5.60 Å². The van der Waals surface area contributed by atoms with Crippen molar-refractivity contribution in [2.75, 3.05) is 0 Å². The Morgan fingerprint density at radius 1 is 1.33 bits per heavy atom. The molecule has 2 nitrogen and oxygen atoms in total. The zero-order valence-electron chi connectivity index (χ0n) is 9.22. The van der Waals surface area contributed by atoms with Crippen LogP contribution >= 0.6 is 0 Å². The molecule has 0 aliphatic rings. The Morgan fingerprint density at radius 2 is 1.93 bits per heavy atom. The molecule has 2 N–H and O–H groups in total. The van der Waals surface area contributed by atoms with E-state index in [9.17, 15) is 5.11 Å². The summed E-state index contributed by atoms with van der Waals surface area (Å²) in [6.45, 7) is 3.46. The van der Waals surface area contributed by atoms with Crippen LogP contribution in [0.15, 0.2) is 42.5 Å². The van der Waals surface area contributed by atoms with Crippen molar-refractivity contribution in [2.45, 2.75) is 32.0 Å². The van der Waals surface area contributed by atoms with E-state index < -0.39 is 11.7 Å². The van der Waals surface area contributed by atoms with E-state index in [2.05, 4.69) is 0 Å². The van der Waals surface area contributed by atoms with Crippen molar-refractivity contribution >= 4 is 0 Å². The number of rotatable bonds is 4. The Bertz CT molecular complexity index is 313. The maximum Gasteiger partial charge on any atom is 0.0902 e. The number of hydrogen-bond donors (Lipinski definition) is 2. The Balaban J connectivity index is 2.67. The van der Waals surface area contributed by atoms with Crippen molar-refractivity contribution < 1.29 is 10.2 Å². The molecule has 2 heteroatoms. The molecule has 0 aromatic heterocycles. The van der Waals surface area contributed by atoms with Gasteiger partial charge in [-0.15, -0.1) is 0 Å². The smallest absolute Gasteiger partial charge is 0.0902 e. The van der Waals surface area contributed by atoms with E-state index in [1.807, 2.05) is 30.3 Å². The minimum atomic E-state index is -0.868. The van der Waals surface area contributed by atoms with Gasteiger partial charge in [-0.2, -0.15) is 0 Å². The highest BCUT2D eigenvalue weighted by Gasteiger charge is 2.20. The standard InChI is InChI=1S/C13H18O2/c1-11(14)7-6-10-13(2,15)12-8-4-3-5-9-12/h3-9,11,14-15H,10H2,1-2H3/b7-6-. The molecule has 2 unspecified atom stereocenters. The summed E-state index contributed by atoms with van der Waals surface area (Å²) in [7, 11) is 0. The predicted octanol–water partition coefficient (Wildman–Crippen LogP) is 2.22. The van der Waals surface area contributed by atoms with Gasteiger partial charge in [0, 0.05) is 0 Å². The molecular formula is C13H18O2. The molecule has 0 heterocycles. The number of aliphatic hydroxyl groups excluding tert-OH is 1. The summed E-state index contributed by atoms with van der Waals surface area (Å²) in [5, 5.41) is 19.2. The van der Waals surface area contributed by atoms with Gasteiger partial charge in [0.15, 0.2) is 0 Å². The van der Waals surface area contributed by atoms with E-state index in [0.717, 1.165) is 5.56 Å². The third kappa shape index (κ3) is 3.86. The fraction of sp³-hybridized carbons (Fsp3) is 0.385. The van der Waals surface area contributed by atoms with Gasteiger partial charge < -0.3 is 10.2 Å². The molecule has 2 atom stereocenters. The Hall–Kier alpha value is -1.12. The molecule has 0 radical (unpaired) electrons. The number of benzene rings is 1. The molecule has 0 spiro atoms. The lowest BCUT2D eigenvalue weighted by molar-refractivity contribution is 0.0603. The summed E-state index contributed by atoms with van der Waals surface area (Å²) in [6, 6.07) is 9.53. The first-order valence-corrected chi connectivity index (χ1v) is 5.15. The quantitative estimate of drug-likeness (QED) is 0.742. The van der Waals surface area contributed by atoms with E-state index in [0.29, 0.717) is 6.42 Å². The van der Waals surface area contributed by atoms with Crippen LogP contribution in [0.1, 0.15) is 25.8 Å². The SMILES string of the molecule is CC(O)/C=C\CC(C)(O)c1ccccc1. The fourth-order valence-corrected chi connectivity index (χ4v) is 1.41. The second kappa shape index (κ2) is 5.10. The summed E-state index contributed by atoms with van der Waals surface area (Å²) in [5.41, 5.74) is 0.0207. The van der Waals surface area contributed by atoms with E-state index in [1.54, 1.807) is 26.0 Å². The molecule has 0 saturated heterocycles. The normalized spacial score (nSPS) is 17.6. The van der Waals surface area contributed by atoms with Gasteiger partial charge in [-0.05, 0) is 25.8 Å². The molecular weight excluding hydrogens is 188 g/mol. The minimum absolute atomic E-state index is 0.462. The maximum absolute atomic E-state index is 10.2. The van der Waals surface area contributed by atoms with Crippen LogP contribution in [0.5, 0.6) is 0 Å². The van der Waals surface area contributed by atoms with Crippen LogP contribution in [0.4, 0.5) is 0 Å². The highest BCUT2D eigenvalue weighted by molar-refractivity contribution is 5.22. The summed E-state index contributed by atoms with van der Waals surface area (Å²) in [5.74, 6) is 0. The topological polar surface area (TPSA) is 40.5 Å². The van der Waals surface area contributed by atoms with Gasteiger partial charge in [-0.3, -0.25) is 0 Å². The lowest BCUT2D eigenvalue weighted by Crippen LogP contribution is -2.19. The molecule has 0 aliphatic carbocycles. The average molecular weight is 206 g/mol. The number of aliphatic hydroxyl groups is 2. The van der Waals surface area contributed by atoms with Crippen LogP contribution in [0.25, 0.3) is 0 Å². The van der Waals surface area contributed by atoms with Crippen LogP contribution in [0.3, 0.4) is 0 Å². The molecule has 15 heavy (non-hydrogen) atoms. The first-order valence-electron chi connectivity index (χ1n) is 5.15. The largest absolute Gasteiger partial charge is 0.389 e. The molecule has 1 aromatic carbocycles. The van der Waals surface area contributed by atoms with Crippen LogP contribution in [0, 0.1) is 0 Å². The molecule has 82 valence electrons. The zero-order chi connectivity index (χ0) is 11.3. The van der Waals surface area contributed by atoms with Crippen molar-refractivity contribution in [1.29, 1.82) is 0 Å². The van der Waals surface area contributed by atoms with Crippen molar-refractivity contribution in [3.8, 4) is 0 Å². The van der Waals surface area contributed by atoms with Gasteiger partial charge in [0.2, 0.25) is 0 Å². The minimum Gasteiger partial charge on any atom is -0.389 e. The van der Waals surface area contributed by atoms with Crippen LogP contribution < -0.4 is 0 Å². The summed E-state index contributed by atoms with van der Waals surface area (Å²) in [6.07, 6.45) is 3.52. The number of hydrogen-bond acceptors (Lipinski definition) is 2. The van der Waals surface area contributed by atoms with E-state index in [1.165, 1.54) is 0 Å². The summed E-state index contributed by atoms with van der Waals surface area (Å²) >= 11 is 0. The molecule has 0 amide bonds. The van der Waals surface area contributed by atoms with Crippen molar-refractivity contribution in [1.82, 2.24) is 0 Å². The van der Waals surface area contributed by atoms with Crippen molar-refractivity contribution in [2.24, 2.45) is 0 Å². The lowest BCUT2D eigenvalue weighted by Gasteiger charge is -2.22. The van der Waals surface area contributed by atoms with E-state index in [4.69, 9.17) is 5.11 Å². The monoisotopic (exact) mass is 206 g/mol. The zero-order valence-corrected chi connectivity index (χ0v) is 9.22. The van der Waals surface area contributed by atoms with E-state index >= 15 is 0 Å².